The Morgan fingerprint density at radius 2 is 2.20 bits per heavy atom. The summed E-state index contributed by atoms with van der Waals surface area (Å²) in [4.78, 5) is 0. The summed E-state index contributed by atoms with van der Waals surface area (Å²) in [6.07, 6.45) is 0.893. The predicted molar refractivity (Wildman–Crippen MR) is 68.3 cm³/mol. The van der Waals surface area contributed by atoms with Crippen LogP contribution in [0.25, 0.3) is 0 Å². The van der Waals surface area contributed by atoms with E-state index in [9.17, 15) is 0 Å². The third-order valence-corrected chi connectivity index (χ3v) is 2.88. The lowest BCUT2D eigenvalue weighted by Crippen LogP contribution is -2.15. The van der Waals surface area contributed by atoms with Gasteiger partial charge < -0.3 is 10.1 Å². The largest absolute Gasteiger partial charge is 0.496 e. The molecule has 0 aliphatic heterocycles. The molecule has 4 heteroatoms. The summed E-state index contributed by atoms with van der Waals surface area (Å²) < 4.78 is 5.31. The van der Waals surface area contributed by atoms with Gasteiger partial charge in [0.05, 0.1) is 7.11 Å². The lowest BCUT2D eigenvalue weighted by Gasteiger charge is -2.10. The first-order valence-electron chi connectivity index (χ1n) is 4.83. The first-order chi connectivity index (χ1) is 7.19. The van der Waals surface area contributed by atoms with Gasteiger partial charge in [-0.1, -0.05) is 11.6 Å². The lowest BCUT2D eigenvalue weighted by atomic mass is 10.1. The fourth-order valence-electron chi connectivity index (χ4n) is 1.38. The molecule has 1 N–H and O–H groups in total. The van der Waals surface area contributed by atoms with Crippen LogP contribution in [-0.2, 0) is 6.42 Å². The van der Waals surface area contributed by atoms with Crippen LogP contribution in [0.4, 0.5) is 0 Å². The Morgan fingerprint density at radius 3 is 2.80 bits per heavy atom. The molecule has 1 aromatic carbocycles. The summed E-state index contributed by atoms with van der Waals surface area (Å²) in [6.45, 7) is 2.85. The van der Waals surface area contributed by atoms with Crippen molar-refractivity contribution in [1.29, 1.82) is 0 Å². The zero-order chi connectivity index (χ0) is 11.3. The van der Waals surface area contributed by atoms with Gasteiger partial charge in [-0.3, -0.25) is 0 Å². The summed E-state index contributed by atoms with van der Waals surface area (Å²) in [6, 6.07) is 3.94. The molecule has 0 atom stereocenters. The maximum atomic E-state index is 6.06. The van der Waals surface area contributed by atoms with Crippen LogP contribution in [0.1, 0.15) is 11.1 Å². The van der Waals surface area contributed by atoms with Gasteiger partial charge >= 0.3 is 0 Å². The van der Waals surface area contributed by atoms with Gasteiger partial charge in [-0.05, 0) is 36.6 Å². The third-order valence-electron chi connectivity index (χ3n) is 2.24. The van der Waals surface area contributed by atoms with E-state index in [0.29, 0.717) is 5.88 Å². The molecular formula is C11H16ClNOS. The number of methoxy groups -OCH3 is 1. The second kappa shape index (κ2) is 6.26. The molecule has 0 amide bonds. The first kappa shape index (κ1) is 12.7. The number of rotatable bonds is 5. The summed E-state index contributed by atoms with van der Waals surface area (Å²) in [7, 11) is 1.68. The highest BCUT2D eigenvalue weighted by Gasteiger charge is 2.06. The average molecular weight is 246 g/mol. The fourth-order valence-corrected chi connectivity index (χ4v) is 1.73. The molecule has 0 unspecified atom stereocenters. The van der Waals surface area contributed by atoms with Crippen LogP contribution < -0.4 is 10.1 Å². The number of hydrogen-bond donors (Lipinski definition) is 2. The van der Waals surface area contributed by atoms with E-state index in [1.807, 2.05) is 19.1 Å². The Labute approximate surface area is 101 Å². The lowest BCUT2D eigenvalue weighted by molar-refractivity contribution is 0.409. The maximum Gasteiger partial charge on any atom is 0.122 e. The minimum Gasteiger partial charge on any atom is -0.496 e. The fraction of sp³-hybridized carbons (Fsp3) is 0.455. The highest BCUT2D eigenvalue weighted by atomic mass is 35.5. The topological polar surface area (TPSA) is 21.3 Å². The molecule has 2 nitrogen and oxygen atoms in total. The van der Waals surface area contributed by atoms with Gasteiger partial charge in [0, 0.05) is 17.4 Å². The number of nitrogens with one attached hydrogen (secondary N) is 1. The van der Waals surface area contributed by atoms with Crippen LogP contribution in [0.2, 0.25) is 5.02 Å². The van der Waals surface area contributed by atoms with Crippen molar-refractivity contribution in [2.45, 2.75) is 13.3 Å². The number of aryl methyl sites for hydroxylation is 1. The van der Waals surface area contributed by atoms with Crippen molar-refractivity contribution < 1.29 is 4.74 Å². The van der Waals surface area contributed by atoms with E-state index in [1.165, 1.54) is 0 Å². The number of thiol groups is 1. The molecular weight excluding hydrogens is 230 g/mol. The highest BCUT2D eigenvalue weighted by Crippen LogP contribution is 2.26. The predicted octanol–water partition coefficient (Wildman–Crippen LogP) is 2.68. The number of hydrogen-bond acceptors (Lipinski definition) is 3. The van der Waals surface area contributed by atoms with Crippen LogP contribution in [0.3, 0.4) is 0 Å². The van der Waals surface area contributed by atoms with Crippen molar-refractivity contribution in [3.63, 3.8) is 0 Å². The van der Waals surface area contributed by atoms with Gasteiger partial charge in [0.25, 0.3) is 0 Å². The van der Waals surface area contributed by atoms with Crippen molar-refractivity contribution in [3.8, 4) is 5.75 Å². The number of benzene rings is 1. The van der Waals surface area contributed by atoms with Crippen LogP contribution in [-0.4, -0.2) is 19.5 Å². The molecule has 0 bridgehead atoms. The van der Waals surface area contributed by atoms with Gasteiger partial charge in [-0.25, -0.2) is 0 Å². The smallest absolute Gasteiger partial charge is 0.122 e. The minimum absolute atomic E-state index is 0.682. The van der Waals surface area contributed by atoms with Gasteiger partial charge in [0.1, 0.15) is 5.75 Å². The number of ether oxygens (including phenoxy) is 1. The Bertz CT molecular complexity index is 331. The van der Waals surface area contributed by atoms with Gasteiger partial charge in [-0.15, -0.1) is 0 Å². The second-order valence-electron chi connectivity index (χ2n) is 3.32. The van der Waals surface area contributed by atoms with E-state index in [1.54, 1.807) is 7.11 Å². The molecule has 1 aromatic rings. The maximum absolute atomic E-state index is 6.06. The van der Waals surface area contributed by atoms with Crippen molar-refractivity contribution in [3.05, 3.63) is 28.3 Å². The molecule has 0 aliphatic rings. The van der Waals surface area contributed by atoms with Crippen molar-refractivity contribution in [1.82, 2.24) is 5.32 Å². The van der Waals surface area contributed by atoms with Crippen LogP contribution >= 0.6 is 24.2 Å². The van der Waals surface area contributed by atoms with Crippen molar-refractivity contribution in [2.75, 3.05) is 19.5 Å². The molecule has 0 saturated heterocycles. The highest BCUT2D eigenvalue weighted by molar-refractivity contribution is 7.80. The summed E-state index contributed by atoms with van der Waals surface area (Å²) >= 11 is 10.1. The molecule has 0 fully saturated rings. The van der Waals surface area contributed by atoms with Crippen LogP contribution in [0.5, 0.6) is 5.75 Å². The monoisotopic (exact) mass is 245 g/mol. The summed E-state index contributed by atoms with van der Waals surface area (Å²) in [5.74, 6) is 1.58. The van der Waals surface area contributed by atoms with E-state index >= 15 is 0 Å². The Balaban J connectivity index is 2.80. The van der Waals surface area contributed by atoms with Crippen molar-refractivity contribution >= 4 is 24.2 Å². The standard InChI is InChI=1S/C11H16ClNOS/c1-8-5-11(14-2)9(6-10(8)12)3-4-13-7-15/h5-6,13,15H,3-4,7H2,1-2H3. The first-order valence-corrected chi connectivity index (χ1v) is 5.84. The van der Waals surface area contributed by atoms with Crippen LogP contribution in [0.15, 0.2) is 12.1 Å². The van der Waals surface area contributed by atoms with Gasteiger partial charge in [-0.2, -0.15) is 12.6 Å². The Hall–Kier alpha value is -0.380. The summed E-state index contributed by atoms with van der Waals surface area (Å²) in [5, 5.41) is 3.94. The average Bonchev–Trinajstić information content (AvgIpc) is 2.23. The molecule has 15 heavy (non-hydrogen) atoms. The number of halogens is 1. The van der Waals surface area contributed by atoms with E-state index in [0.717, 1.165) is 34.9 Å². The van der Waals surface area contributed by atoms with Gasteiger partial charge in [0.15, 0.2) is 0 Å². The molecule has 0 aromatic heterocycles. The summed E-state index contributed by atoms with van der Waals surface area (Å²) in [5.41, 5.74) is 2.17. The quantitative estimate of drug-likeness (QED) is 0.473. The zero-order valence-corrected chi connectivity index (χ0v) is 10.7. The Kier molecular flexibility index (Phi) is 5.29. The molecule has 84 valence electrons. The van der Waals surface area contributed by atoms with E-state index in [4.69, 9.17) is 16.3 Å². The minimum atomic E-state index is 0.682. The zero-order valence-electron chi connectivity index (χ0n) is 9.01. The molecule has 0 radical (unpaired) electrons. The molecule has 0 aliphatic carbocycles. The normalized spacial score (nSPS) is 10.4. The van der Waals surface area contributed by atoms with Gasteiger partial charge in [0.2, 0.25) is 0 Å². The van der Waals surface area contributed by atoms with E-state index < -0.39 is 0 Å². The molecule has 0 heterocycles. The Morgan fingerprint density at radius 1 is 1.47 bits per heavy atom. The molecule has 1 rings (SSSR count). The second-order valence-corrected chi connectivity index (χ2v) is 4.04. The SMILES string of the molecule is COc1cc(C)c(Cl)cc1CCNCS. The third kappa shape index (κ3) is 3.59. The molecule has 0 spiro atoms. The van der Waals surface area contributed by atoms with Crippen molar-refractivity contribution in [2.24, 2.45) is 0 Å². The van der Waals surface area contributed by atoms with E-state index in [2.05, 4.69) is 17.9 Å². The van der Waals surface area contributed by atoms with Crippen LogP contribution in [0, 0.1) is 6.92 Å². The van der Waals surface area contributed by atoms with E-state index in [-0.39, 0.29) is 0 Å². The molecule has 0 saturated carbocycles.